The van der Waals surface area contributed by atoms with Gasteiger partial charge in [0.2, 0.25) is 10.0 Å². The Morgan fingerprint density at radius 1 is 1.24 bits per heavy atom. The monoisotopic (exact) mass is 303 g/mol. The molecule has 0 aromatic heterocycles. The van der Waals surface area contributed by atoms with Gasteiger partial charge in [-0.1, -0.05) is 6.92 Å². The van der Waals surface area contributed by atoms with Crippen LogP contribution in [0.4, 0.5) is 0 Å². The first-order valence-corrected chi connectivity index (χ1v) is 9.52. The third-order valence-electron chi connectivity index (χ3n) is 2.87. The van der Waals surface area contributed by atoms with Gasteiger partial charge in [-0.05, 0) is 12.3 Å². The average Bonchev–Trinajstić information content (AvgIpc) is 2.18. The molecule has 1 heterocycles. The smallest absolute Gasteiger partial charge is 0.215 e. The lowest BCUT2D eigenvalue weighted by atomic mass is 10.0. The van der Waals surface area contributed by atoms with Gasteiger partial charge in [-0.15, -0.1) is 11.6 Å². The fraction of sp³-hybridized carbons (Fsp3) is 1.00. The standard InChI is InChI=1S/C9H18ClNO4S2/c1-8-7-11(4-3-9(8)10)17(14,15)6-5-16(2,12)13/h8-9H,3-7H2,1-2H3. The number of alkyl halides is 1. The van der Waals surface area contributed by atoms with Crippen LogP contribution >= 0.6 is 11.6 Å². The summed E-state index contributed by atoms with van der Waals surface area (Å²) in [6.45, 7) is 2.65. The number of nitrogens with zero attached hydrogens (tertiary/aromatic N) is 1. The second-order valence-electron chi connectivity index (χ2n) is 4.59. The van der Waals surface area contributed by atoms with Gasteiger partial charge in [-0.3, -0.25) is 0 Å². The van der Waals surface area contributed by atoms with Crippen molar-refractivity contribution < 1.29 is 16.8 Å². The minimum Gasteiger partial charge on any atom is -0.229 e. The van der Waals surface area contributed by atoms with Crippen molar-refractivity contribution in [1.29, 1.82) is 0 Å². The van der Waals surface area contributed by atoms with Crippen molar-refractivity contribution in [3.8, 4) is 0 Å². The minimum atomic E-state index is -3.48. The van der Waals surface area contributed by atoms with E-state index < -0.39 is 19.9 Å². The van der Waals surface area contributed by atoms with Gasteiger partial charge < -0.3 is 0 Å². The fourth-order valence-electron chi connectivity index (χ4n) is 1.72. The molecule has 0 N–H and O–H groups in total. The summed E-state index contributed by atoms with van der Waals surface area (Å²) in [4.78, 5) is 0. The van der Waals surface area contributed by atoms with Gasteiger partial charge in [0.25, 0.3) is 0 Å². The molecule has 17 heavy (non-hydrogen) atoms. The quantitative estimate of drug-likeness (QED) is 0.701. The molecule has 0 aromatic rings. The summed E-state index contributed by atoms with van der Waals surface area (Å²) in [5, 5.41) is -0.00337. The molecule has 1 fully saturated rings. The number of piperidine rings is 1. The van der Waals surface area contributed by atoms with Crippen LogP contribution < -0.4 is 0 Å². The first-order valence-electron chi connectivity index (χ1n) is 5.41. The Balaban J connectivity index is 2.65. The van der Waals surface area contributed by atoms with Crippen molar-refractivity contribution >= 4 is 31.5 Å². The van der Waals surface area contributed by atoms with Crippen LogP contribution in [0.25, 0.3) is 0 Å². The van der Waals surface area contributed by atoms with Crippen molar-refractivity contribution in [1.82, 2.24) is 4.31 Å². The summed E-state index contributed by atoms with van der Waals surface area (Å²) in [5.41, 5.74) is 0. The molecule has 1 aliphatic heterocycles. The molecule has 1 saturated heterocycles. The summed E-state index contributed by atoms with van der Waals surface area (Å²) in [5.74, 6) is -0.575. The van der Waals surface area contributed by atoms with E-state index in [1.165, 1.54) is 4.31 Å². The third kappa shape index (κ3) is 4.73. The van der Waals surface area contributed by atoms with E-state index in [2.05, 4.69) is 0 Å². The zero-order chi connectivity index (χ0) is 13.3. The van der Waals surface area contributed by atoms with E-state index in [9.17, 15) is 16.8 Å². The largest absolute Gasteiger partial charge is 0.229 e. The van der Waals surface area contributed by atoms with Crippen molar-refractivity contribution in [2.45, 2.75) is 18.7 Å². The second kappa shape index (κ2) is 5.42. The zero-order valence-corrected chi connectivity index (χ0v) is 12.4. The van der Waals surface area contributed by atoms with Gasteiger partial charge in [-0.2, -0.15) is 0 Å². The molecule has 5 nitrogen and oxygen atoms in total. The molecule has 0 aromatic carbocycles. The molecule has 2 atom stereocenters. The molecular formula is C9H18ClNO4S2. The molecule has 8 heteroatoms. The molecular weight excluding hydrogens is 286 g/mol. The van der Waals surface area contributed by atoms with E-state index in [0.717, 1.165) is 6.26 Å². The number of rotatable bonds is 4. The van der Waals surface area contributed by atoms with Gasteiger partial charge in [0, 0.05) is 24.7 Å². The van der Waals surface area contributed by atoms with Gasteiger partial charge in [0.1, 0.15) is 9.84 Å². The molecule has 0 aliphatic carbocycles. The van der Waals surface area contributed by atoms with E-state index in [-0.39, 0.29) is 22.8 Å². The molecule has 1 rings (SSSR count). The van der Waals surface area contributed by atoms with E-state index in [1.54, 1.807) is 0 Å². The number of sulfonamides is 1. The summed E-state index contributed by atoms with van der Waals surface area (Å²) in [6, 6.07) is 0. The Kier molecular flexibility index (Phi) is 4.85. The van der Waals surface area contributed by atoms with E-state index >= 15 is 0 Å². The van der Waals surface area contributed by atoms with Gasteiger partial charge in [-0.25, -0.2) is 21.1 Å². The first-order chi connectivity index (χ1) is 7.62. The van der Waals surface area contributed by atoms with Crippen molar-refractivity contribution in [2.24, 2.45) is 5.92 Å². The molecule has 2 unspecified atom stereocenters. The minimum absolute atomic E-state index is 0.00337. The van der Waals surface area contributed by atoms with Crippen LogP contribution in [0.2, 0.25) is 0 Å². The zero-order valence-electron chi connectivity index (χ0n) is 9.96. The van der Waals surface area contributed by atoms with Crippen molar-refractivity contribution in [2.75, 3.05) is 30.9 Å². The normalized spacial score (nSPS) is 28.2. The lowest BCUT2D eigenvalue weighted by Crippen LogP contribution is -2.45. The molecule has 0 amide bonds. The van der Waals surface area contributed by atoms with Crippen LogP contribution in [0, 0.1) is 5.92 Å². The Morgan fingerprint density at radius 3 is 2.29 bits per heavy atom. The maximum atomic E-state index is 11.9. The number of sulfone groups is 1. The molecule has 0 spiro atoms. The summed E-state index contributed by atoms with van der Waals surface area (Å²) in [6.07, 6.45) is 1.65. The van der Waals surface area contributed by atoms with Gasteiger partial charge in [0.15, 0.2) is 0 Å². The second-order valence-corrected chi connectivity index (χ2v) is 9.49. The van der Waals surface area contributed by atoms with E-state index in [1.807, 2.05) is 6.92 Å². The number of hydrogen-bond acceptors (Lipinski definition) is 4. The third-order valence-corrected chi connectivity index (χ3v) is 6.56. The first kappa shape index (κ1) is 15.2. The number of halogens is 1. The Bertz CT molecular complexity index is 459. The Labute approximate surface area is 108 Å². The highest BCUT2D eigenvalue weighted by Gasteiger charge is 2.31. The van der Waals surface area contributed by atoms with Crippen LogP contribution in [0.15, 0.2) is 0 Å². The molecule has 1 aliphatic rings. The topological polar surface area (TPSA) is 71.5 Å². The lowest BCUT2D eigenvalue weighted by molar-refractivity contribution is 0.286. The highest BCUT2D eigenvalue weighted by molar-refractivity contribution is 7.93. The Morgan fingerprint density at radius 2 is 1.82 bits per heavy atom. The van der Waals surface area contributed by atoms with Gasteiger partial charge >= 0.3 is 0 Å². The Hall–Kier alpha value is 0.150. The van der Waals surface area contributed by atoms with Crippen molar-refractivity contribution in [3.05, 3.63) is 0 Å². The summed E-state index contributed by atoms with van der Waals surface area (Å²) < 4.78 is 47.1. The van der Waals surface area contributed by atoms with Crippen molar-refractivity contribution in [3.63, 3.8) is 0 Å². The molecule has 102 valence electrons. The highest BCUT2D eigenvalue weighted by atomic mass is 35.5. The van der Waals surface area contributed by atoms with Crippen LogP contribution in [0.3, 0.4) is 0 Å². The van der Waals surface area contributed by atoms with Crippen LogP contribution in [0.5, 0.6) is 0 Å². The SMILES string of the molecule is CC1CN(S(=O)(=O)CCS(C)(=O)=O)CCC1Cl. The summed E-state index contributed by atoms with van der Waals surface area (Å²) in [7, 11) is -6.73. The van der Waals surface area contributed by atoms with E-state index in [0.29, 0.717) is 19.5 Å². The van der Waals surface area contributed by atoms with Gasteiger partial charge in [0.05, 0.1) is 11.5 Å². The van der Waals surface area contributed by atoms with E-state index in [4.69, 9.17) is 11.6 Å². The number of hydrogen-bond donors (Lipinski definition) is 0. The van der Waals surface area contributed by atoms with Crippen LogP contribution in [-0.2, 0) is 19.9 Å². The lowest BCUT2D eigenvalue weighted by Gasteiger charge is -2.33. The predicted molar refractivity (Wildman–Crippen MR) is 68.5 cm³/mol. The fourth-order valence-corrected chi connectivity index (χ4v) is 5.05. The maximum Gasteiger partial charge on any atom is 0.215 e. The van der Waals surface area contributed by atoms with Crippen LogP contribution in [0.1, 0.15) is 13.3 Å². The molecule has 0 radical (unpaired) electrons. The molecule has 0 saturated carbocycles. The van der Waals surface area contributed by atoms with Crippen LogP contribution in [-0.4, -0.2) is 57.4 Å². The molecule has 0 bridgehead atoms. The summed E-state index contributed by atoms with van der Waals surface area (Å²) >= 11 is 6.01. The average molecular weight is 304 g/mol. The highest BCUT2D eigenvalue weighted by Crippen LogP contribution is 2.23. The maximum absolute atomic E-state index is 11.9. The predicted octanol–water partition coefficient (Wildman–Crippen LogP) is 0.310.